The Labute approximate surface area is 168 Å². The van der Waals surface area contributed by atoms with Crippen molar-refractivity contribution in [1.82, 2.24) is 19.9 Å². The van der Waals surface area contributed by atoms with E-state index >= 15 is 0 Å². The monoisotopic (exact) mass is 394 g/mol. The highest BCUT2D eigenvalue weighted by Crippen LogP contribution is 2.19. The van der Waals surface area contributed by atoms with Gasteiger partial charge >= 0.3 is 0 Å². The summed E-state index contributed by atoms with van der Waals surface area (Å²) in [7, 11) is 0. The average Bonchev–Trinajstić information content (AvgIpc) is 3.22. The molecule has 0 unspecified atom stereocenters. The molecule has 2 aromatic carbocycles. The number of carbonyl (C=O) groups excluding carboxylic acids is 1. The van der Waals surface area contributed by atoms with Crippen molar-refractivity contribution in [3.8, 4) is 11.4 Å². The van der Waals surface area contributed by atoms with Gasteiger partial charge in [0.1, 0.15) is 0 Å². The third kappa shape index (κ3) is 4.79. The molecule has 1 aromatic heterocycles. The van der Waals surface area contributed by atoms with Crippen LogP contribution < -0.4 is 0 Å². The molecule has 7 heteroatoms. The number of benzene rings is 2. The van der Waals surface area contributed by atoms with Crippen LogP contribution in [-0.4, -0.2) is 57.8 Å². The maximum absolute atomic E-state index is 12.4. The summed E-state index contributed by atoms with van der Waals surface area (Å²) >= 11 is 1.59. The van der Waals surface area contributed by atoms with Gasteiger partial charge < -0.3 is 9.42 Å². The number of rotatable bonds is 6. The Bertz CT molecular complexity index is 893. The first-order valence-electron chi connectivity index (χ1n) is 9.34. The highest BCUT2D eigenvalue weighted by molar-refractivity contribution is 8.00. The third-order valence-electron chi connectivity index (χ3n) is 4.69. The second kappa shape index (κ2) is 9.03. The zero-order valence-corrected chi connectivity index (χ0v) is 16.3. The van der Waals surface area contributed by atoms with E-state index in [1.165, 1.54) is 0 Å². The standard InChI is InChI=1S/C21H22N4O2S/c26-20(16-28-18-9-5-2-6-10-18)25-13-11-24(12-14-25)15-19-22-21(23-27-19)17-7-3-1-4-8-17/h1-10H,11-16H2. The summed E-state index contributed by atoms with van der Waals surface area (Å²) in [6.07, 6.45) is 0. The first-order valence-corrected chi connectivity index (χ1v) is 10.3. The molecule has 1 amide bonds. The summed E-state index contributed by atoms with van der Waals surface area (Å²) in [4.78, 5) is 22.2. The summed E-state index contributed by atoms with van der Waals surface area (Å²) < 4.78 is 5.40. The van der Waals surface area contributed by atoms with Crippen molar-refractivity contribution in [2.75, 3.05) is 31.9 Å². The minimum atomic E-state index is 0.192. The van der Waals surface area contributed by atoms with Gasteiger partial charge in [-0.15, -0.1) is 11.8 Å². The van der Waals surface area contributed by atoms with E-state index in [4.69, 9.17) is 4.52 Å². The Morgan fingerprint density at radius 3 is 2.36 bits per heavy atom. The van der Waals surface area contributed by atoms with Crippen LogP contribution in [-0.2, 0) is 11.3 Å². The molecule has 1 saturated heterocycles. The van der Waals surface area contributed by atoms with Crippen LogP contribution in [0.1, 0.15) is 5.89 Å². The van der Waals surface area contributed by atoms with E-state index in [-0.39, 0.29) is 5.91 Å². The summed E-state index contributed by atoms with van der Waals surface area (Å²) in [5.74, 6) is 1.90. The number of piperazine rings is 1. The van der Waals surface area contributed by atoms with E-state index in [0.29, 0.717) is 24.0 Å². The number of hydrogen-bond acceptors (Lipinski definition) is 6. The van der Waals surface area contributed by atoms with Gasteiger partial charge in [-0.25, -0.2) is 0 Å². The van der Waals surface area contributed by atoms with Gasteiger partial charge in [0.05, 0.1) is 12.3 Å². The van der Waals surface area contributed by atoms with Crippen molar-refractivity contribution in [1.29, 1.82) is 0 Å². The average molecular weight is 395 g/mol. The zero-order chi connectivity index (χ0) is 19.2. The highest BCUT2D eigenvalue weighted by Gasteiger charge is 2.22. The topological polar surface area (TPSA) is 62.5 Å². The summed E-state index contributed by atoms with van der Waals surface area (Å²) in [5, 5.41) is 4.07. The highest BCUT2D eigenvalue weighted by atomic mass is 32.2. The van der Waals surface area contributed by atoms with Gasteiger partial charge in [-0.1, -0.05) is 53.7 Å². The summed E-state index contributed by atoms with van der Waals surface area (Å²) in [6.45, 7) is 3.69. The lowest BCUT2D eigenvalue weighted by atomic mass is 10.2. The number of hydrogen-bond donors (Lipinski definition) is 0. The van der Waals surface area contributed by atoms with Gasteiger partial charge in [0.15, 0.2) is 0 Å². The second-order valence-corrected chi connectivity index (χ2v) is 7.69. The lowest BCUT2D eigenvalue weighted by molar-refractivity contribution is -0.130. The van der Waals surface area contributed by atoms with E-state index in [1.54, 1.807) is 11.8 Å². The molecule has 3 aromatic rings. The van der Waals surface area contributed by atoms with E-state index in [9.17, 15) is 4.79 Å². The van der Waals surface area contributed by atoms with E-state index in [0.717, 1.165) is 36.6 Å². The minimum absolute atomic E-state index is 0.192. The zero-order valence-electron chi connectivity index (χ0n) is 15.5. The SMILES string of the molecule is O=C(CSc1ccccc1)N1CCN(Cc2nc(-c3ccccc3)no2)CC1. The second-order valence-electron chi connectivity index (χ2n) is 6.64. The summed E-state index contributed by atoms with van der Waals surface area (Å²) in [5.41, 5.74) is 0.948. The van der Waals surface area contributed by atoms with Crippen molar-refractivity contribution in [2.45, 2.75) is 11.4 Å². The molecule has 0 atom stereocenters. The molecule has 0 bridgehead atoms. The Morgan fingerprint density at radius 2 is 1.64 bits per heavy atom. The molecule has 6 nitrogen and oxygen atoms in total. The Hall–Kier alpha value is -2.64. The molecule has 0 aliphatic carbocycles. The van der Waals surface area contributed by atoms with E-state index in [2.05, 4.69) is 15.0 Å². The molecule has 1 aliphatic rings. The fourth-order valence-corrected chi connectivity index (χ4v) is 3.95. The fraction of sp³-hybridized carbons (Fsp3) is 0.286. The molecule has 0 radical (unpaired) electrons. The third-order valence-corrected chi connectivity index (χ3v) is 5.69. The van der Waals surface area contributed by atoms with Crippen LogP contribution in [0, 0.1) is 0 Å². The molecular weight excluding hydrogens is 372 g/mol. The van der Waals surface area contributed by atoms with Crippen molar-refractivity contribution >= 4 is 17.7 Å². The smallest absolute Gasteiger partial charge is 0.241 e. The summed E-state index contributed by atoms with van der Waals surface area (Å²) in [6, 6.07) is 19.8. The molecule has 2 heterocycles. The van der Waals surface area contributed by atoms with E-state index in [1.807, 2.05) is 65.6 Å². The maximum Gasteiger partial charge on any atom is 0.241 e. The number of carbonyl (C=O) groups is 1. The van der Waals surface area contributed by atoms with Crippen molar-refractivity contribution in [3.05, 3.63) is 66.6 Å². The Morgan fingerprint density at radius 1 is 0.964 bits per heavy atom. The van der Waals surface area contributed by atoms with E-state index < -0.39 is 0 Å². The van der Waals surface area contributed by atoms with Gasteiger partial charge in [0.2, 0.25) is 17.6 Å². The molecule has 0 N–H and O–H groups in total. The van der Waals surface area contributed by atoms with Gasteiger partial charge in [0.25, 0.3) is 0 Å². The lowest BCUT2D eigenvalue weighted by Crippen LogP contribution is -2.48. The lowest BCUT2D eigenvalue weighted by Gasteiger charge is -2.33. The number of thioether (sulfide) groups is 1. The number of amides is 1. The molecule has 4 rings (SSSR count). The molecule has 1 fully saturated rings. The quantitative estimate of drug-likeness (QED) is 0.599. The first kappa shape index (κ1) is 18.7. The van der Waals surface area contributed by atoms with Gasteiger partial charge in [-0.05, 0) is 12.1 Å². The maximum atomic E-state index is 12.4. The van der Waals surface area contributed by atoms with Crippen LogP contribution in [0.4, 0.5) is 0 Å². The molecular formula is C21H22N4O2S. The van der Waals surface area contributed by atoms with Crippen LogP contribution in [0.5, 0.6) is 0 Å². The molecule has 1 aliphatic heterocycles. The molecule has 144 valence electrons. The predicted octanol–water partition coefficient (Wildman–Crippen LogP) is 3.17. The van der Waals surface area contributed by atoms with Gasteiger partial charge in [0, 0.05) is 36.6 Å². The van der Waals surface area contributed by atoms with Crippen molar-refractivity contribution < 1.29 is 9.32 Å². The van der Waals surface area contributed by atoms with Crippen LogP contribution in [0.25, 0.3) is 11.4 Å². The largest absolute Gasteiger partial charge is 0.339 e. The van der Waals surface area contributed by atoms with Gasteiger partial charge in [-0.3, -0.25) is 9.69 Å². The predicted molar refractivity (Wildman–Crippen MR) is 109 cm³/mol. The molecule has 28 heavy (non-hydrogen) atoms. The Kier molecular flexibility index (Phi) is 6.04. The van der Waals surface area contributed by atoms with Gasteiger partial charge in [-0.2, -0.15) is 4.98 Å². The molecule has 0 saturated carbocycles. The first-order chi connectivity index (χ1) is 13.8. The van der Waals surface area contributed by atoms with Crippen molar-refractivity contribution in [3.63, 3.8) is 0 Å². The van der Waals surface area contributed by atoms with Crippen LogP contribution >= 0.6 is 11.8 Å². The normalized spacial score (nSPS) is 14.9. The Balaban J connectivity index is 1.24. The number of aromatic nitrogens is 2. The van der Waals surface area contributed by atoms with Crippen LogP contribution in [0.15, 0.2) is 70.1 Å². The minimum Gasteiger partial charge on any atom is -0.339 e. The van der Waals surface area contributed by atoms with Crippen LogP contribution in [0.3, 0.4) is 0 Å². The molecule has 0 spiro atoms. The van der Waals surface area contributed by atoms with Crippen LogP contribution in [0.2, 0.25) is 0 Å². The fourth-order valence-electron chi connectivity index (χ4n) is 3.12. The number of nitrogens with zero attached hydrogens (tertiary/aromatic N) is 4. The van der Waals surface area contributed by atoms with Crippen molar-refractivity contribution in [2.24, 2.45) is 0 Å².